The highest BCUT2D eigenvalue weighted by atomic mass is 19.4. The lowest BCUT2D eigenvalue weighted by Crippen LogP contribution is -2.82. The van der Waals surface area contributed by atoms with Crippen LogP contribution < -0.4 is 37.6 Å². The van der Waals surface area contributed by atoms with Gasteiger partial charge < -0.3 is 51.2 Å². The number of nitrogens with zero attached hydrogens (tertiary/aromatic N) is 4. The van der Waals surface area contributed by atoms with Crippen LogP contribution in [-0.2, 0) is 43.2 Å². The maximum Gasteiger partial charge on any atom is 0.407 e. The quantitative estimate of drug-likeness (QED) is 0.0525. The highest BCUT2D eigenvalue weighted by molar-refractivity contribution is 5.87. The molecule has 3 aromatic rings. The number of nitrogens with one attached hydrogen (secondary N) is 4. The molecule has 0 spiro atoms. The minimum atomic E-state index is -5.13. The van der Waals surface area contributed by atoms with Gasteiger partial charge in [0.2, 0.25) is 5.91 Å². The van der Waals surface area contributed by atoms with Gasteiger partial charge in [-0.25, -0.2) is 36.9 Å². The average Bonchev–Trinajstić information content (AvgIpc) is 3.55. The van der Waals surface area contributed by atoms with Crippen molar-refractivity contribution in [2.45, 2.75) is 101 Å². The molecular formula is C50H61F10N10O8+. The molecule has 428 valence electrons. The number of rotatable bonds is 23. The van der Waals surface area contributed by atoms with Crippen LogP contribution in [0.3, 0.4) is 0 Å². The van der Waals surface area contributed by atoms with Gasteiger partial charge in [-0.3, -0.25) is 20.4 Å². The third kappa shape index (κ3) is 13.6. The molecule has 1 aromatic heterocycles. The van der Waals surface area contributed by atoms with Crippen LogP contribution in [0, 0.1) is 22.5 Å². The minimum absolute atomic E-state index is 0.0177. The number of piperazine rings is 1. The van der Waals surface area contributed by atoms with E-state index < -0.39 is 121 Å². The number of hydrogen-bond acceptors (Lipinski definition) is 14. The van der Waals surface area contributed by atoms with Crippen LogP contribution in [0.25, 0.3) is 16.8 Å². The first kappa shape index (κ1) is 60.6. The number of aliphatic imine (C=N–C) groups is 1. The Labute approximate surface area is 441 Å². The standard InChI is InChI=1S/C50H60F10N10O8/c1-47(2,49(55,56)57)42(68-46(75)77-5)44(73)66-35(38(71)19-64-17-31-32(51)13-27(14-33(31)52)34(61)10-11-63-20-39(53)54)12-25-6-8-26(9-7-25)30-18-65-40(70-22-36-37(70)21-69(36)29-23-78-24-29)15-28(30)16-48(3,50(58,59)60)41(43(62)72)67-45(74)76-4/h6-11,13-15,18,29,35-39,41-42,64,71H,12,16-17,19-24,61H2,1-5H3,(H2,62,72)(H,66,73)(H,67,74)(H,68,75)/p+1. The fourth-order valence-electron chi connectivity index (χ4n) is 9.30. The molecule has 4 heterocycles. The van der Waals surface area contributed by atoms with Crippen LogP contribution in [0.4, 0.5) is 59.3 Å². The van der Waals surface area contributed by atoms with Gasteiger partial charge in [-0.05, 0) is 74.6 Å². The summed E-state index contributed by atoms with van der Waals surface area (Å²) in [4.78, 5) is 63.7. The van der Waals surface area contributed by atoms with E-state index in [4.69, 9.17) is 10.5 Å². The van der Waals surface area contributed by atoms with Crippen molar-refractivity contribution in [1.82, 2.24) is 31.2 Å². The highest BCUT2D eigenvalue weighted by Crippen LogP contribution is 2.47. The summed E-state index contributed by atoms with van der Waals surface area (Å²) >= 11 is 0. The molecule has 3 aliphatic rings. The SMILES string of the molecule is COC(=O)NC(C(=O)NC(Cc1ccc(-c2cnc(N3CC4C3CN4C3COC3)cc2CC(C)(C(NC(=O)OC)C([NH3+])=O)C(F)(F)F)cc1)C(O)CNCc1c(F)cc(C(N)=CC=NCC(F)F)cc1F)C(C)(C)C(F)(F)F. The van der Waals surface area contributed by atoms with Crippen molar-refractivity contribution >= 4 is 41.7 Å². The second-order valence-electron chi connectivity index (χ2n) is 20.0. The smallest absolute Gasteiger partial charge is 0.407 e. The Kier molecular flexibility index (Phi) is 19.1. The summed E-state index contributed by atoms with van der Waals surface area (Å²) < 4.78 is 159. The van der Waals surface area contributed by atoms with Crippen LogP contribution in [0.5, 0.6) is 0 Å². The van der Waals surface area contributed by atoms with Gasteiger partial charge in [0.1, 0.15) is 28.9 Å². The first-order valence-electron chi connectivity index (χ1n) is 24.3. The molecule has 3 fully saturated rings. The van der Waals surface area contributed by atoms with Crippen molar-refractivity contribution < 1.29 is 88.1 Å². The Bertz CT molecular complexity index is 2690. The Hall–Kier alpha value is -6.62. The number of fused-ring (bicyclic) bond motifs is 1. The van der Waals surface area contributed by atoms with Gasteiger partial charge in [0, 0.05) is 67.0 Å². The zero-order valence-corrected chi connectivity index (χ0v) is 42.9. The predicted octanol–water partition coefficient (Wildman–Crippen LogP) is 4.03. The summed E-state index contributed by atoms with van der Waals surface area (Å²) in [6.45, 7) is 2.43. The molecule has 3 saturated heterocycles. The number of pyridine rings is 1. The normalized spacial score (nSPS) is 19.6. The number of allylic oxidation sites excluding steroid dienone is 1. The number of ether oxygens (including phenoxy) is 3. The number of nitrogens with two attached hydrogens (primary N) is 1. The zero-order chi connectivity index (χ0) is 57.7. The second-order valence-corrected chi connectivity index (χ2v) is 20.0. The van der Waals surface area contributed by atoms with Crippen molar-refractivity contribution in [2.24, 2.45) is 21.6 Å². The summed E-state index contributed by atoms with van der Waals surface area (Å²) in [5, 5.41) is 20.5. The number of aliphatic hydroxyl groups excluding tert-OH is 1. The predicted molar refractivity (Wildman–Crippen MR) is 261 cm³/mol. The topological polar surface area (TPSA) is 250 Å². The number of anilines is 1. The number of aliphatic hydroxyl groups is 1. The van der Waals surface area contributed by atoms with Crippen molar-refractivity contribution in [3.63, 3.8) is 0 Å². The maximum absolute atomic E-state index is 15.4. The second kappa shape index (κ2) is 24.6. The van der Waals surface area contributed by atoms with E-state index in [2.05, 4.69) is 40.7 Å². The van der Waals surface area contributed by atoms with Gasteiger partial charge in [0.15, 0.2) is 6.04 Å². The van der Waals surface area contributed by atoms with Gasteiger partial charge in [0.25, 0.3) is 6.43 Å². The number of halogens is 10. The third-order valence-corrected chi connectivity index (χ3v) is 14.4. The Morgan fingerprint density at radius 1 is 0.910 bits per heavy atom. The largest absolute Gasteiger partial charge is 0.453 e. The number of alkyl carbamates (subject to hydrolysis) is 2. The number of hydrogen-bond donors (Lipinski definition) is 7. The van der Waals surface area contributed by atoms with Crippen LogP contribution in [0.1, 0.15) is 43.0 Å². The molecule has 2 aromatic carbocycles. The van der Waals surface area contributed by atoms with Crippen LogP contribution in [-0.4, -0.2) is 160 Å². The first-order chi connectivity index (χ1) is 36.5. The molecule has 78 heavy (non-hydrogen) atoms. The molecule has 7 atom stereocenters. The van der Waals surface area contributed by atoms with E-state index in [1.165, 1.54) is 36.5 Å². The average molecular weight is 1120 g/mol. The summed E-state index contributed by atoms with van der Waals surface area (Å²) in [5.41, 5.74) is 2.97. The Morgan fingerprint density at radius 3 is 2.04 bits per heavy atom. The molecule has 0 aliphatic carbocycles. The van der Waals surface area contributed by atoms with Gasteiger partial charge in [0.05, 0.1) is 63.6 Å². The van der Waals surface area contributed by atoms with Gasteiger partial charge in [-0.1, -0.05) is 24.3 Å². The van der Waals surface area contributed by atoms with Gasteiger partial charge in [-0.2, -0.15) is 26.3 Å². The summed E-state index contributed by atoms with van der Waals surface area (Å²) in [6.07, 6.45) is -15.3. The number of aromatic nitrogens is 1. The molecule has 0 bridgehead atoms. The Balaban J connectivity index is 1.31. The molecule has 0 radical (unpaired) electrons. The van der Waals surface area contributed by atoms with Gasteiger partial charge >= 0.3 is 30.4 Å². The highest BCUT2D eigenvalue weighted by Gasteiger charge is 2.61. The van der Waals surface area contributed by atoms with Gasteiger partial charge in [-0.15, -0.1) is 0 Å². The van der Waals surface area contributed by atoms with Crippen LogP contribution in [0.15, 0.2) is 59.7 Å². The summed E-state index contributed by atoms with van der Waals surface area (Å²) in [6, 6.07) is 3.38. The molecule has 3 aliphatic heterocycles. The molecule has 0 saturated carbocycles. The van der Waals surface area contributed by atoms with E-state index in [0.29, 0.717) is 46.0 Å². The Morgan fingerprint density at radius 2 is 1.53 bits per heavy atom. The zero-order valence-electron chi connectivity index (χ0n) is 42.9. The molecule has 10 N–H and O–H groups in total. The number of benzene rings is 2. The van der Waals surface area contributed by atoms with Crippen molar-refractivity contribution in [3.8, 4) is 11.1 Å². The molecule has 28 heteroatoms. The van der Waals surface area contributed by atoms with E-state index in [0.717, 1.165) is 45.6 Å². The monoisotopic (exact) mass is 1120 g/mol. The van der Waals surface area contributed by atoms with Crippen molar-refractivity contribution in [1.29, 1.82) is 0 Å². The third-order valence-electron chi connectivity index (χ3n) is 14.4. The lowest BCUT2D eigenvalue weighted by molar-refractivity contribution is -0.320. The van der Waals surface area contributed by atoms with Crippen LogP contribution in [0.2, 0.25) is 0 Å². The maximum atomic E-state index is 15.4. The molecule has 4 amide bonds. The fourth-order valence-corrected chi connectivity index (χ4v) is 9.30. The number of carbonyl (C=O) groups is 4. The molecule has 6 rings (SSSR count). The van der Waals surface area contributed by atoms with E-state index in [9.17, 15) is 46.2 Å². The fraction of sp³-hybridized carbons (Fsp3) is 0.520. The molecular weight excluding hydrogens is 1060 g/mol. The number of likely N-dealkylation sites (tertiary alicyclic amines) is 1. The molecule has 7 unspecified atom stereocenters. The molecule has 18 nitrogen and oxygen atoms in total. The first-order valence-corrected chi connectivity index (χ1v) is 24.3. The van der Waals surface area contributed by atoms with Crippen molar-refractivity contribution in [3.05, 3.63) is 88.6 Å². The minimum Gasteiger partial charge on any atom is -0.453 e. The van der Waals surface area contributed by atoms with E-state index in [1.54, 1.807) is 0 Å². The number of methoxy groups -OCH3 is 2. The number of carbonyl (C=O) groups excluding carboxylic acids is 4. The van der Waals surface area contributed by atoms with E-state index >= 15 is 22.0 Å². The lowest BCUT2D eigenvalue weighted by atomic mass is 9.74. The number of alkyl halides is 8. The number of quaternary nitrogens is 1. The summed E-state index contributed by atoms with van der Waals surface area (Å²) in [7, 11) is 1.77. The van der Waals surface area contributed by atoms with E-state index in [1.807, 2.05) is 15.5 Å². The van der Waals surface area contributed by atoms with Crippen LogP contribution >= 0.6 is 0 Å². The summed E-state index contributed by atoms with van der Waals surface area (Å²) in [5.74, 6) is -4.56. The van der Waals surface area contributed by atoms with E-state index in [-0.39, 0.29) is 58.1 Å². The lowest BCUT2D eigenvalue weighted by Gasteiger charge is -2.65. The number of amides is 4. The van der Waals surface area contributed by atoms with Crippen molar-refractivity contribution in [2.75, 3.05) is 58.5 Å².